The lowest BCUT2D eigenvalue weighted by atomic mass is 9.89. The molecule has 1 saturated carbocycles. The van der Waals surface area contributed by atoms with Gasteiger partial charge >= 0.3 is 6.09 Å². The van der Waals surface area contributed by atoms with Gasteiger partial charge in [0.15, 0.2) is 0 Å². The van der Waals surface area contributed by atoms with Crippen molar-refractivity contribution >= 4 is 22.9 Å². The largest absolute Gasteiger partial charge is 0.447 e. The molecule has 2 amide bonds. The summed E-state index contributed by atoms with van der Waals surface area (Å²) in [5.74, 6) is -0.507. The third-order valence-electron chi connectivity index (χ3n) is 6.84. The minimum Gasteiger partial charge on any atom is -0.447 e. The number of amides is 2. The van der Waals surface area contributed by atoms with Crippen LogP contribution in [0.25, 0.3) is 10.9 Å². The van der Waals surface area contributed by atoms with E-state index in [0.29, 0.717) is 35.8 Å². The van der Waals surface area contributed by atoms with Crippen LogP contribution in [0.2, 0.25) is 0 Å². The van der Waals surface area contributed by atoms with Gasteiger partial charge in [0, 0.05) is 37.1 Å². The molecule has 2 N–H and O–H groups in total. The number of carbonyl (C=O) groups excluding carboxylic acids is 2. The highest BCUT2D eigenvalue weighted by molar-refractivity contribution is 5.99. The van der Waals surface area contributed by atoms with Gasteiger partial charge in [-0.25, -0.2) is 9.18 Å². The van der Waals surface area contributed by atoms with Crippen LogP contribution in [0.1, 0.15) is 41.7 Å². The summed E-state index contributed by atoms with van der Waals surface area (Å²) >= 11 is 0. The fourth-order valence-electron chi connectivity index (χ4n) is 5.18. The molecule has 2 aliphatic heterocycles. The Morgan fingerprint density at radius 2 is 2.13 bits per heavy atom. The van der Waals surface area contributed by atoms with Crippen LogP contribution >= 0.6 is 0 Å². The number of nitrogens with zero attached hydrogens (tertiary/aromatic N) is 2. The Kier molecular flexibility index (Phi) is 4.89. The van der Waals surface area contributed by atoms with Crippen molar-refractivity contribution in [3.05, 3.63) is 35.3 Å². The fourth-order valence-corrected chi connectivity index (χ4v) is 5.18. The first-order valence-corrected chi connectivity index (χ1v) is 10.8. The first-order chi connectivity index (χ1) is 14.5. The monoisotopic (exact) mass is 414 g/mol. The molecule has 3 aliphatic rings. The van der Waals surface area contributed by atoms with Crippen molar-refractivity contribution in [1.82, 2.24) is 20.1 Å². The predicted octanol–water partition coefficient (Wildman–Crippen LogP) is 2.79. The Morgan fingerprint density at radius 3 is 2.97 bits per heavy atom. The van der Waals surface area contributed by atoms with Crippen molar-refractivity contribution in [3.63, 3.8) is 0 Å². The zero-order valence-corrected chi connectivity index (χ0v) is 17.1. The van der Waals surface area contributed by atoms with Crippen molar-refractivity contribution in [1.29, 1.82) is 0 Å². The molecule has 0 spiro atoms. The molecule has 2 aromatic rings. The van der Waals surface area contributed by atoms with E-state index in [4.69, 9.17) is 4.74 Å². The second-order valence-corrected chi connectivity index (χ2v) is 8.75. The van der Waals surface area contributed by atoms with Crippen LogP contribution in [0.15, 0.2) is 18.2 Å². The normalized spacial score (nSPS) is 27.2. The number of aromatic amines is 1. The Labute approximate surface area is 174 Å². The fraction of sp³-hybridized carbons (Fsp3) is 0.545. The number of halogens is 1. The van der Waals surface area contributed by atoms with Crippen molar-refractivity contribution in [2.75, 3.05) is 26.2 Å². The number of rotatable bonds is 3. The standard InChI is InChI=1S/C22H27FN4O3/c1-13-5-6-18(23)17-10-19(25-20(13)17)21(28)24-14-3-2-4-15(9-14)26-7-8-27-16(11-26)12-30-22(27)29/h5-6,10,14-16,25H,2-4,7-9,11-12H2,1H3,(H,24,28)/t14-,15-,16-/m1/s1. The van der Waals surface area contributed by atoms with Gasteiger partial charge in [-0.1, -0.05) is 6.07 Å². The SMILES string of the molecule is Cc1ccc(F)c2cc(C(=O)N[C@@H]3CCC[C@@H](N4CCN5C(=O)OC[C@H]5C4)C3)[nH]c12. The topological polar surface area (TPSA) is 77.7 Å². The minimum absolute atomic E-state index is 0.0908. The molecule has 7 nitrogen and oxygen atoms in total. The van der Waals surface area contributed by atoms with Gasteiger partial charge in [-0.05, 0) is 50.3 Å². The summed E-state index contributed by atoms with van der Waals surface area (Å²) in [7, 11) is 0. The van der Waals surface area contributed by atoms with Crippen molar-refractivity contribution in [2.45, 2.75) is 50.7 Å². The van der Waals surface area contributed by atoms with Gasteiger partial charge < -0.3 is 15.0 Å². The zero-order valence-electron chi connectivity index (χ0n) is 17.1. The highest BCUT2D eigenvalue weighted by Gasteiger charge is 2.40. The van der Waals surface area contributed by atoms with E-state index in [0.717, 1.165) is 44.3 Å². The van der Waals surface area contributed by atoms with Crippen LogP contribution in [0.4, 0.5) is 9.18 Å². The molecule has 1 aromatic heterocycles. The molecule has 1 aliphatic carbocycles. The van der Waals surface area contributed by atoms with Gasteiger partial charge in [0.1, 0.15) is 18.1 Å². The van der Waals surface area contributed by atoms with E-state index in [1.807, 2.05) is 11.8 Å². The Bertz CT molecular complexity index is 951. The third kappa shape index (κ3) is 3.43. The van der Waals surface area contributed by atoms with E-state index in [1.165, 1.54) is 6.07 Å². The second kappa shape index (κ2) is 7.58. The summed E-state index contributed by atoms with van der Waals surface area (Å²) in [6.07, 6.45) is 3.79. The highest BCUT2D eigenvalue weighted by Crippen LogP contribution is 2.28. The Morgan fingerprint density at radius 1 is 1.27 bits per heavy atom. The third-order valence-corrected chi connectivity index (χ3v) is 6.84. The lowest BCUT2D eigenvalue weighted by Gasteiger charge is -2.43. The summed E-state index contributed by atoms with van der Waals surface area (Å²) in [6, 6.07) is 5.37. The summed E-state index contributed by atoms with van der Waals surface area (Å²) < 4.78 is 19.3. The number of hydrogen-bond donors (Lipinski definition) is 2. The van der Waals surface area contributed by atoms with Gasteiger partial charge in [-0.2, -0.15) is 0 Å². The molecule has 8 heteroatoms. The van der Waals surface area contributed by atoms with E-state index >= 15 is 0 Å². The molecule has 0 bridgehead atoms. The number of cyclic esters (lactones) is 1. The number of fused-ring (bicyclic) bond motifs is 2. The van der Waals surface area contributed by atoms with E-state index in [2.05, 4.69) is 15.2 Å². The maximum Gasteiger partial charge on any atom is 0.410 e. The van der Waals surface area contributed by atoms with Crippen LogP contribution in [0.3, 0.4) is 0 Å². The van der Waals surface area contributed by atoms with E-state index in [9.17, 15) is 14.0 Å². The highest BCUT2D eigenvalue weighted by atomic mass is 19.1. The van der Waals surface area contributed by atoms with Crippen LogP contribution in [-0.2, 0) is 4.74 Å². The number of benzene rings is 1. The minimum atomic E-state index is -0.322. The lowest BCUT2D eigenvalue weighted by Crippen LogP contribution is -2.56. The molecule has 160 valence electrons. The molecule has 2 saturated heterocycles. The van der Waals surface area contributed by atoms with Crippen LogP contribution in [-0.4, -0.2) is 71.2 Å². The molecule has 3 atom stereocenters. The van der Waals surface area contributed by atoms with Crippen LogP contribution < -0.4 is 5.32 Å². The Hall–Kier alpha value is -2.61. The van der Waals surface area contributed by atoms with E-state index in [1.54, 1.807) is 12.1 Å². The molecule has 3 fully saturated rings. The molecular weight excluding hydrogens is 387 g/mol. The molecule has 1 aromatic carbocycles. The van der Waals surface area contributed by atoms with Gasteiger partial charge in [-0.3, -0.25) is 14.6 Å². The number of piperazine rings is 1. The molecule has 0 unspecified atom stereocenters. The van der Waals surface area contributed by atoms with Gasteiger partial charge in [0.25, 0.3) is 5.91 Å². The van der Waals surface area contributed by atoms with Gasteiger partial charge in [0.2, 0.25) is 0 Å². The number of ether oxygens (including phenoxy) is 1. The number of carbonyl (C=O) groups is 2. The molecule has 5 rings (SSSR count). The Balaban J connectivity index is 1.23. The van der Waals surface area contributed by atoms with Gasteiger partial charge in [-0.15, -0.1) is 0 Å². The van der Waals surface area contributed by atoms with Crippen molar-refractivity contribution < 1.29 is 18.7 Å². The lowest BCUT2D eigenvalue weighted by molar-refractivity contribution is 0.0630. The summed E-state index contributed by atoms with van der Waals surface area (Å²) in [6.45, 7) is 4.75. The first kappa shape index (κ1) is 19.4. The molecule has 30 heavy (non-hydrogen) atoms. The van der Waals surface area contributed by atoms with Gasteiger partial charge in [0.05, 0.1) is 11.6 Å². The second-order valence-electron chi connectivity index (χ2n) is 8.75. The average Bonchev–Trinajstić information content (AvgIpc) is 3.36. The number of nitrogens with one attached hydrogen (secondary N) is 2. The summed E-state index contributed by atoms with van der Waals surface area (Å²) in [5.41, 5.74) is 1.99. The molecule has 0 radical (unpaired) electrons. The number of hydrogen-bond acceptors (Lipinski definition) is 4. The number of H-pyrrole nitrogens is 1. The average molecular weight is 414 g/mol. The number of aromatic nitrogens is 1. The zero-order chi connectivity index (χ0) is 20.8. The predicted molar refractivity (Wildman–Crippen MR) is 110 cm³/mol. The quantitative estimate of drug-likeness (QED) is 0.810. The van der Waals surface area contributed by atoms with E-state index in [-0.39, 0.29) is 29.9 Å². The summed E-state index contributed by atoms with van der Waals surface area (Å²) in [5, 5.41) is 3.60. The van der Waals surface area contributed by atoms with Crippen LogP contribution in [0.5, 0.6) is 0 Å². The smallest absolute Gasteiger partial charge is 0.410 e. The summed E-state index contributed by atoms with van der Waals surface area (Å²) in [4.78, 5) is 31.9. The van der Waals surface area contributed by atoms with Crippen LogP contribution in [0, 0.1) is 12.7 Å². The maximum atomic E-state index is 14.1. The van der Waals surface area contributed by atoms with E-state index < -0.39 is 0 Å². The maximum absolute atomic E-state index is 14.1. The van der Waals surface area contributed by atoms with Crippen molar-refractivity contribution in [2.24, 2.45) is 0 Å². The first-order valence-electron chi connectivity index (χ1n) is 10.8. The molecular formula is C22H27FN4O3. The number of aryl methyl sites for hydroxylation is 1. The van der Waals surface area contributed by atoms with Crippen molar-refractivity contribution in [3.8, 4) is 0 Å². The molecule has 3 heterocycles.